The number of nitrogens with one attached hydrogen (secondary N) is 1. The average Bonchev–Trinajstić information content (AvgIpc) is 2.98. The molecule has 1 aliphatic carbocycles. The van der Waals surface area contributed by atoms with E-state index in [1.54, 1.807) is 0 Å². The number of rotatable bonds is 4. The number of aromatic nitrogens is 2. The average molecular weight is 191 g/mol. The molecule has 1 aliphatic rings. The van der Waals surface area contributed by atoms with E-state index in [1.165, 1.54) is 18.5 Å². The molecule has 1 saturated carbocycles. The fourth-order valence-corrected chi connectivity index (χ4v) is 1.40. The molecule has 1 aromatic heterocycles. The molecule has 1 aromatic rings. The molecule has 1 heterocycles. The Morgan fingerprint density at radius 2 is 2.29 bits per heavy atom. The Labute approximate surface area is 85.0 Å². The fraction of sp³-hybridized carbons (Fsp3) is 0.636. The van der Waals surface area contributed by atoms with E-state index in [1.807, 2.05) is 12.3 Å². The molecule has 0 amide bonds. The third-order valence-corrected chi connectivity index (χ3v) is 2.39. The van der Waals surface area contributed by atoms with Gasteiger partial charge < -0.3 is 5.32 Å². The lowest BCUT2D eigenvalue weighted by molar-refractivity contribution is 0.570. The van der Waals surface area contributed by atoms with Crippen LogP contribution in [-0.4, -0.2) is 16.0 Å². The lowest BCUT2D eigenvalue weighted by atomic mass is 10.3. The van der Waals surface area contributed by atoms with Gasteiger partial charge in [-0.2, -0.15) is 0 Å². The van der Waals surface area contributed by atoms with Crippen molar-refractivity contribution < 1.29 is 0 Å². The van der Waals surface area contributed by atoms with Crippen molar-refractivity contribution in [2.24, 2.45) is 0 Å². The molecule has 1 fully saturated rings. The Hall–Kier alpha value is -0.960. The summed E-state index contributed by atoms with van der Waals surface area (Å²) in [7, 11) is 0. The van der Waals surface area contributed by atoms with E-state index in [9.17, 15) is 0 Å². The molecular weight excluding hydrogens is 174 g/mol. The topological polar surface area (TPSA) is 37.8 Å². The predicted molar refractivity (Wildman–Crippen MR) is 56.0 cm³/mol. The number of hydrogen-bond acceptors (Lipinski definition) is 3. The molecule has 14 heavy (non-hydrogen) atoms. The SMILES string of the molecule is CC(C)NCc1nccc(C2CC2)n1. The van der Waals surface area contributed by atoms with Gasteiger partial charge in [0, 0.05) is 23.9 Å². The lowest BCUT2D eigenvalue weighted by Gasteiger charge is -2.07. The van der Waals surface area contributed by atoms with Gasteiger partial charge in [-0.15, -0.1) is 0 Å². The van der Waals surface area contributed by atoms with Gasteiger partial charge in [0.25, 0.3) is 0 Å². The summed E-state index contributed by atoms with van der Waals surface area (Å²) in [5.74, 6) is 1.64. The van der Waals surface area contributed by atoms with Crippen molar-refractivity contribution in [1.29, 1.82) is 0 Å². The molecule has 0 spiro atoms. The van der Waals surface area contributed by atoms with E-state index in [4.69, 9.17) is 0 Å². The standard InChI is InChI=1S/C11H17N3/c1-8(2)13-7-11-12-6-5-10(14-11)9-3-4-9/h5-6,8-9,13H,3-4,7H2,1-2H3. The predicted octanol–water partition coefficient (Wildman–Crippen LogP) is 1.85. The molecule has 3 nitrogen and oxygen atoms in total. The molecule has 0 saturated heterocycles. The van der Waals surface area contributed by atoms with Gasteiger partial charge in [-0.25, -0.2) is 9.97 Å². The Bertz CT molecular complexity index is 305. The van der Waals surface area contributed by atoms with Crippen molar-refractivity contribution >= 4 is 0 Å². The second-order valence-corrected chi connectivity index (χ2v) is 4.21. The molecule has 2 rings (SSSR count). The van der Waals surface area contributed by atoms with Crippen LogP contribution in [0.3, 0.4) is 0 Å². The monoisotopic (exact) mass is 191 g/mol. The zero-order chi connectivity index (χ0) is 9.97. The first-order valence-corrected chi connectivity index (χ1v) is 5.31. The fourth-order valence-electron chi connectivity index (χ4n) is 1.40. The normalized spacial score (nSPS) is 16.2. The highest BCUT2D eigenvalue weighted by atomic mass is 15.0. The summed E-state index contributed by atoms with van der Waals surface area (Å²) in [6, 6.07) is 2.53. The van der Waals surface area contributed by atoms with Gasteiger partial charge in [-0.1, -0.05) is 13.8 Å². The van der Waals surface area contributed by atoms with Gasteiger partial charge in [0.2, 0.25) is 0 Å². The maximum absolute atomic E-state index is 4.53. The largest absolute Gasteiger partial charge is 0.308 e. The van der Waals surface area contributed by atoms with E-state index >= 15 is 0 Å². The molecule has 1 N–H and O–H groups in total. The minimum atomic E-state index is 0.489. The Morgan fingerprint density at radius 3 is 2.93 bits per heavy atom. The van der Waals surface area contributed by atoms with E-state index in [2.05, 4.69) is 29.1 Å². The van der Waals surface area contributed by atoms with Crippen molar-refractivity contribution in [2.45, 2.75) is 45.2 Å². The van der Waals surface area contributed by atoms with Gasteiger partial charge in [-0.3, -0.25) is 0 Å². The van der Waals surface area contributed by atoms with Crippen LogP contribution in [0.1, 0.15) is 44.1 Å². The van der Waals surface area contributed by atoms with Gasteiger partial charge in [0.05, 0.1) is 6.54 Å². The quantitative estimate of drug-likeness (QED) is 0.789. The van der Waals surface area contributed by atoms with Crippen LogP contribution in [0.5, 0.6) is 0 Å². The van der Waals surface area contributed by atoms with Crippen LogP contribution >= 0.6 is 0 Å². The number of nitrogens with zero attached hydrogens (tertiary/aromatic N) is 2. The van der Waals surface area contributed by atoms with Crippen molar-refractivity contribution in [3.63, 3.8) is 0 Å². The summed E-state index contributed by atoms with van der Waals surface area (Å²) in [4.78, 5) is 8.78. The van der Waals surface area contributed by atoms with E-state index in [-0.39, 0.29) is 0 Å². The van der Waals surface area contributed by atoms with Crippen molar-refractivity contribution in [1.82, 2.24) is 15.3 Å². The lowest BCUT2D eigenvalue weighted by Crippen LogP contribution is -2.23. The second-order valence-electron chi connectivity index (χ2n) is 4.21. The first kappa shape index (κ1) is 9.59. The minimum absolute atomic E-state index is 0.489. The highest BCUT2D eigenvalue weighted by Gasteiger charge is 2.24. The summed E-state index contributed by atoms with van der Waals surface area (Å²) >= 11 is 0. The Kier molecular flexibility index (Phi) is 2.77. The first-order chi connectivity index (χ1) is 6.75. The van der Waals surface area contributed by atoms with E-state index in [0.717, 1.165) is 18.3 Å². The van der Waals surface area contributed by atoms with Crippen LogP contribution in [0.15, 0.2) is 12.3 Å². The summed E-state index contributed by atoms with van der Waals surface area (Å²) in [5.41, 5.74) is 1.22. The highest BCUT2D eigenvalue weighted by Crippen LogP contribution is 2.38. The highest BCUT2D eigenvalue weighted by molar-refractivity contribution is 5.13. The Balaban J connectivity index is 1.99. The van der Waals surface area contributed by atoms with Crippen LogP contribution in [0.2, 0.25) is 0 Å². The maximum Gasteiger partial charge on any atom is 0.142 e. The third kappa shape index (κ3) is 2.51. The summed E-state index contributed by atoms with van der Waals surface area (Å²) < 4.78 is 0. The second kappa shape index (κ2) is 4.05. The van der Waals surface area contributed by atoms with Gasteiger partial charge in [-0.05, 0) is 18.9 Å². The van der Waals surface area contributed by atoms with Crippen LogP contribution in [0.4, 0.5) is 0 Å². The van der Waals surface area contributed by atoms with Crippen molar-refractivity contribution in [3.8, 4) is 0 Å². The zero-order valence-corrected chi connectivity index (χ0v) is 8.83. The molecule has 0 aromatic carbocycles. The smallest absolute Gasteiger partial charge is 0.142 e. The molecule has 0 bridgehead atoms. The maximum atomic E-state index is 4.53. The molecule has 76 valence electrons. The van der Waals surface area contributed by atoms with Gasteiger partial charge in [0.1, 0.15) is 5.82 Å². The van der Waals surface area contributed by atoms with Gasteiger partial charge in [0.15, 0.2) is 0 Å². The van der Waals surface area contributed by atoms with E-state index in [0.29, 0.717) is 6.04 Å². The molecule has 0 unspecified atom stereocenters. The van der Waals surface area contributed by atoms with Gasteiger partial charge >= 0.3 is 0 Å². The van der Waals surface area contributed by atoms with E-state index < -0.39 is 0 Å². The molecule has 0 atom stereocenters. The molecule has 3 heteroatoms. The van der Waals surface area contributed by atoms with Crippen LogP contribution < -0.4 is 5.32 Å². The van der Waals surface area contributed by atoms with Crippen molar-refractivity contribution in [3.05, 3.63) is 23.8 Å². The minimum Gasteiger partial charge on any atom is -0.308 e. The van der Waals surface area contributed by atoms with Crippen LogP contribution in [0.25, 0.3) is 0 Å². The first-order valence-electron chi connectivity index (χ1n) is 5.31. The Morgan fingerprint density at radius 1 is 1.50 bits per heavy atom. The summed E-state index contributed by atoms with van der Waals surface area (Å²) in [6.07, 6.45) is 4.47. The summed E-state index contributed by atoms with van der Waals surface area (Å²) in [6.45, 7) is 5.04. The third-order valence-electron chi connectivity index (χ3n) is 2.39. The van der Waals surface area contributed by atoms with Crippen LogP contribution in [0, 0.1) is 0 Å². The van der Waals surface area contributed by atoms with Crippen LogP contribution in [-0.2, 0) is 6.54 Å². The zero-order valence-electron chi connectivity index (χ0n) is 8.83. The van der Waals surface area contributed by atoms with Crippen molar-refractivity contribution in [2.75, 3.05) is 0 Å². The summed E-state index contributed by atoms with van der Waals surface area (Å²) in [5, 5.41) is 3.32. The molecule has 0 radical (unpaired) electrons. The molecule has 0 aliphatic heterocycles. The molecular formula is C11H17N3. The number of hydrogen-bond donors (Lipinski definition) is 1.